The molecular weight excluding hydrogens is 508 g/mol. The number of halogens is 1. The van der Waals surface area contributed by atoms with Crippen molar-refractivity contribution in [3.63, 3.8) is 0 Å². The van der Waals surface area contributed by atoms with Crippen LogP contribution in [-0.2, 0) is 11.3 Å². The van der Waals surface area contributed by atoms with Gasteiger partial charge in [-0.2, -0.15) is 0 Å². The van der Waals surface area contributed by atoms with Gasteiger partial charge in [-0.25, -0.2) is 0 Å². The highest BCUT2D eigenvalue weighted by Gasteiger charge is 2.22. The van der Waals surface area contributed by atoms with E-state index in [9.17, 15) is 29.7 Å². The molecule has 13 heteroatoms. The Bertz CT molecular complexity index is 1010. The van der Waals surface area contributed by atoms with Gasteiger partial charge < -0.3 is 41.2 Å². The van der Waals surface area contributed by atoms with Crippen LogP contribution in [0.2, 0.25) is 0 Å². The standard InChI is InChI=1S/C21H28B2BrN3O7/c1-34-18-7-13(6-15(11-18)22(30)31)12-27(5-3-2-4-19(25)20(26)28)21(29)14-8-16(23(32)33)10-17(24)9-14/h6-11,19,30-33H,2-5,12,25H2,1H3,(H2,26,28). The van der Waals surface area contributed by atoms with Crippen LogP contribution < -0.4 is 27.1 Å². The average Bonchev–Trinajstić information content (AvgIpc) is 2.79. The average molecular weight is 536 g/mol. The Hall–Kier alpha value is -2.41. The third-order valence-electron chi connectivity index (χ3n) is 5.21. The van der Waals surface area contributed by atoms with Gasteiger partial charge in [0.25, 0.3) is 5.91 Å². The SMILES string of the molecule is COc1cc(CN(CCCCC(N)C(N)=O)C(=O)c2cc(Br)cc(B(O)O)c2)cc(B(O)O)c1. The van der Waals surface area contributed by atoms with Gasteiger partial charge in [0.15, 0.2) is 0 Å². The zero-order valence-corrected chi connectivity index (χ0v) is 20.3. The van der Waals surface area contributed by atoms with Gasteiger partial charge in [-0.15, -0.1) is 0 Å². The zero-order valence-electron chi connectivity index (χ0n) is 18.7. The van der Waals surface area contributed by atoms with Gasteiger partial charge in [0.1, 0.15) is 5.75 Å². The van der Waals surface area contributed by atoms with Crippen molar-refractivity contribution in [1.82, 2.24) is 4.90 Å². The number of nitrogens with zero attached hydrogens (tertiary/aromatic N) is 1. The van der Waals surface area contributed by atoms with Crippen molar-refractivity contribution in [2.24, 2.45) is 11.5 Å². The molecule has 0 aliphatic carbocycles. The van der Waals surface area contributed by atoms with E-state index in [1.807, 2.05) is 0 Å². The highest BCUT2D eigenvalue weighted by atomic mass is 79.9. The monoisotopic (exact) mass is 535 g/mol. The number of carbonyl (C=O) groups is 2. The highest BCUT2D eigenvalue weighted by Crippen LogP contribution is 2.18. The molecule has 10 nitrogen and oxygen atoms in total. The van der Waals surface area contributed by atoms with E-state index in [4.69, 9.17) is 16.2 Å². The Labute approximate surface area is 206 Å². The summed E-state index contributed by atoms with van der Waals surface area (Å²) in [6.07, 6.45) is 1.44. The third-order valence-corrected chi connectivity index (χ3v) is 5.66. The summed E-state index contributed by atoms with van der Waals surface area (Å²) in [6, 6.07) is 8.40. The molecule has 0 aliphatic rings. The Morgan fingerprint density at radius 2 is 1.68 bits per heavy atom. The minimum atomic E-state index is -1.75. The molecular formula is C21H28B2BrN3O7. The molecule has 1 atom stereocenters. The summed E-state index contributed by atoms with van der Waals surface area (Å²) >= 11 is 3.28. The molecule has 2 rings (SSSR count). The van der Waals surface area contributed by atoms with Gasteiger partial charge in [-0.05, 0) is 66.1 Å². The topological polar surface area (TPSA) is 180 Å². The molecule has 1 unspecified atom stereocenters. The largest absolute Gasteiger partial charge is 0.497 e. The fourth-order valence-corrected chi connectivity index (χ4v) is 3.90. The minimum absolute atomic E-state index is 0.112. The fraction of sp³-hybridized carbons (Fsp3) is 0.333. The van der Waals surface area contributed by atoms with E-state index in [2.05, 4.69) is 15.9 Å². The van der Waals surface area contributed by atoms with Crippen molar-refractivity contribution < 1.29 is 34.4 Å². The number of benzene rings is 2. The number of amides is 2. The summed E-state index contributed by atoms with van der Waals surface area (Å²) in [5, 5.41) is 38.3. The number of hydrogen-bond donors (Lipinski definition) is 6. The van der Waals surface area contributed by atoms with Gasteiger partial charge in [0, 0.05) is 23.1 Å². The molecule has 0 saturated carbocycles. The van der Waals surface area contributed by atoms with Crippen LogP contribution in [0.25, 0.3) is 0 Å². The van der Waals surface area contributed by atoms with Gasteiger partial charge in [0.2, 0.25) is 5.91 Å². The predicted octanol–water partition coefficient (Wildman–Crippen LogP) is -1.56. The van der Waals surface area contributed by atoms with Crippen LogP contribution in [0.4, 0.5) is 0 Å². The van der Waals surface area contributed by atoms with Crippen LogP contribution in [0.1, 0.15) is 35.2 Å². The lowest BCUT2D eigenvalue weighted by Gasteiger charge is -2.24. The Kier molecular flexibility index (Phi) is 10.5. The molecule has 0 fully saturated rings. The lowest BCUT2D eigenvalue weighted by molar-refractivity contribution is -0.119. The number of nitrogens with two attached hydrogens (primary N) is 2. The first-order valence-electron chi connectivity index (χ1n) is 10.6. The molecule has 2 aromatic carbocycles. The third kappa shape index (κ3) is 8.12. The van der Waals surface area contributed by atoms with Gasteiger partial charge in [0.05, 0.1) is 13.2 Å². The minimum Gasteiger partial charge on any atom is -0.497 e. The number of rotatable bonds is 12. The van der Waals surface area contributed by atoms with Crippen molar-refractivity contribution in [3.8, 4) is 5.75 Å². The molecule has 2 aromatic rings. The van der Waals surface area contributed by atoms with E-state index in [0.717, 1.165) is 0 Å². The second-order valence-electron chi connectivity index (χ2n) is 7.87. The molecule has 0 saturated heterocycles. The first-order chi connectivity index (χ1) is 16.0. The van der Waals surface area contributed by atoms with Crippen LogP contribution >= 0.6 is 15.9 Å². The number of hydrogen-bond acceptors (Lipinski definition) is 8. The molecule has 182 valence electrons. The summed E-state index contributed by atoms with van der Waals surface area (Å²) in [4.78, 5) is 26.1. The van der Waals surface area contributed by atoms with Crippen molar-refractivity contribution in [1.29, 1.82) is 0 Å². The molecule has 2 amide bonds. The smallest absolute Gasteiger partial charge is 0.488 e. The van der Waals surface area contributed by atoms with Gasteiger partial charge in [-0.1, -0.05) is 22.0 Å². The fourth-order valence-electron chi connectivity index (χ4n) is 3.39. The van der Waals surface area contributed by atoms with Crippen molar-refractivity contribution >= 4 is 52.9 Å². The molecule has 0 aliphatic heterocycles. The molecule has 0 radical (unpaired) electrons. The highest BCUT2D eigenvalue weighted by molar-refractivity contribution is 9.10. The lowest BCUT2D eigenvalue weighted by Crippen LogP contribution is -2.37. The van der Waals surface area contributed by atoms with Crippen molar-refractivity contribution in [2.45, 2.75) is 31.8 Å². The van der Waals surface area contributed by atoms with Crippen LogP contribution in [0.5, 0.6) is 5.75 Å². The lowest BCUT2D eigenvalue weighted by atomic mass is 9.79. The Morgan fingerprint density at radius 1 is 1.03 bits per heavy atom. The number of primary amides is 1. The molecule has 0 spiro atoms. The normalized spacial score (nSPS) is 11.6. The van der Waals surface area contributed by atoms with Crippen LogP contribution in [0.15, 0.2) is 40.9 Å². The van der Waals surface area contributed by atoms with E-state index in [1.54, 1.807) is 18.2 Å². The summed E-state index contributed by atoms with van der Waals surface area (Å²) in [7, 11) is -2.02. The molecule has 34 heavy (non-hydrogen) atoms. The maximum absolute atomic E-state index is 13.4. The van der Waals surface area contributed by atoms with Crippen molar-refractivity contribution in [2.75, 3.05) is 13.7 Å². The van der Waals surface area contributed by atoms with Crippen LogP contribution in [-0.4, -0.2) is 70.7 Å². The number of methoxy groups -OCH3 is 1. The number of ether oxygens (including phenoxy) is 1. The first kappa shape index (κ1) is 27.8. The molecule has 0 aromatic heterocycles. The van der Waals surface area contributed by atoms with Crippen molar-refractivity contribution in [3.05, 3.63) is 52.0 Å². The van der Waals surface area contributed by atoms with E-state index in [-0.39, 0.29) is 28.9 Å². The molecule has 0 heterocycles. The summed E-state index contributed by atoms with van der Waals surface area (Å²) in [5.74, 6) is -0.575. The summed E-state index contributed by atoms with van der Waals surface area (Å²) in [6.45, 7) is 0.406. The summed E-state index contributed by atoms with van der Waals surface area (Å²) < 4.78 is 5.73. The number of unbranched alkanes of at least 4 members (excludes halogenated alkanes) is 1. The zero-order chi connectivity index (χ0) is 25.4. The first-order valence-corrected chi connectivity index (χ1v) is 11.4. The maximum atomic E-state index is 13.4. The second-order valence-corrected chi connectivity index (χ2v) is 8.78. The molecule has 0 bridgehead atoms. The van der Waals surface area contributed by atoms with Gasteiger partial charge in [-0.3, -0.25) is 9.59 Å². The quantitative estimate of drug-likeness (QED) is 0.139. The Balaban J connectivity index is 2.32. The number of carbonyl (C=O) groups excluding carboxylic acids is 2. The van der Waals surface area contributed by atoms with E-state index in [0.29, 0.717) is 41.6 Å². The predicted molar refractivity (Wildman–Crippen MR) is 133 cm³/mol. The van der Waals surface area contributed by atoms with Crippen LogP contribution in [0.3, 0.4) is 0 Å². The second kappa shape index (κ2) is 12.9. The Morgan fingerprint density at radius 3 is 2.26 bits per heavy atom. The summed E-state index contributed by atoms with van der Waals surface area (Å²) in [5.41, 5.74) is 12.1. The van der Waals surface area contributed by atoms with Gasteiger partial charge >= 0.3 is 14.2 Å². The van der Waals surface area contributed by atoms with Crippen LogP contribution in [0, 0.1) is 0 Å². The van der Waals surface area contributed by atoms with E-state index in [1.165, 1.54) is 30.2 Å². The van der Waals surface area contributed by atoms with E-state index >= 15 is 0 Å². The maximum Gasteiger partial charge on any atom is 0.488 e. The van der Waals surface area contributed by atoms with E-state index < -0.39 is 26.2 Å². The molecule has 8 N–H and O–H groups in total.